The van der Waals surface area contributed by atoms with E-state index in [1.165, 1.54) is 0 Å². The van der Waals surface area contributed by atoms with Crippen LogP contribution in [0.15, 0.2) is 5.11 Å². The maximum atomic E-state index is 11.4. The monoisotopic (exact) mass is 152 g/mol. The van der Waals surface area contributed by atoms with Crippen LogP contribution in [0.5, 0.6) is 0 Å². The fourth-order valence-electron chi connectivity index (χ4n) is 0.438. The maximum Gasteiger partial charge on any atom is 0.478 e. The molecular formula is C3H6BF3N3-. The molecule has 0 bridgehead atoms. The first-order chi connectivity index (χ1) is 4.56. The van der Waals surface area contributed by atoms with Gasteiger partial charge in [0, 0.05) is 11.5 Å². The third kappa shape index (κ3) is 7.16. The zero-order valence-corrected chi connectivity index (χ0v) is 5.17. The number of nitrogens with zero attached hydrogens (tertiary/aromatic N) is 3. The summed E-state index contributed by atoms with van der Waals surface area (Å²) in [5.74, 6) is 0. The van der Waals surface area contributed by atoms with Gasteiger partial charge < -0.3 is 12.9 Å². The Labute approximate surface area is 55.9 Å². The average molecular weight is 152 g/mol. The van der Waals surface area contributed by atoms with Crippen LogP contribution in [0.4, 0.5) is 12.9 Å². The summed E-state index contributed by atoms with van der Waals surface area (Å²) in [4.78, 5) is 2.32. The highest BCUT2D eigenvalue weighted by atomic mass is 19.4. The molecular weight excluding hydrogens is 146 g/mol. The molecule has 0 aliphatic rings. The van der Waals surface area contributed by atoms with Crippen molar-refractivity contribution in [1.29, 1.82) is 0 Å². The van der Waals surface area contributed by atoms with Crippen LogP contribution in [0, 0.1) is 0 Å². The second-order valence-electron chi connectivity index (χ2n) is 1.81. The van der Waals surface area contributed by atoms with Crippen molar-refractivity contribution in [2.24, 2.45) is 5.11 Å². The molecule has 7 heteroatoms. The summed E-state index contributed by atoms with van der Waals surface area (Å²) in [5, 5.41) is 2.97. The molecule has 0 aliphatic carbocycles. The summed E-state index contributed by atoms with van der Waals surface area (Å²) in [5.41, 5.74) is 7.68. The molecule has 0 fully saturated rings. The summed E-state index contributed by atoms with van der Waals surface area (Å²) < 4.78 is 34.2. The molecule has 58 valence electrons. The summed E-state index contributed by atoms with van der Waals surface area (Å²) in [6.07, 6.45) is -0.924. The zero-order valence-electron chi connectivity index (χ0n) is 5.17. The van der Waals surface area contributed by atoms with Crippen molar-refractivity contribution in [1.82, 2.24) is 0 Å². The van der Waals surface area contributed by atoms with Crippen LogP contribution in [0.25, 0.3) is 10.4 Å². The molecule has 0 saturated heterocycles. The van der Waals surface area contributed by atoms with Crippen molar-refractivity contribution in [3.63, 3.8) is 0 Å². The van der Waals surface area contributed by atoms with Crippen LogP contribution in [-0.4, -0.2) is 13.5 Å². The third-order valence-electron chi connectivity index (χ3n) is 0.853. The third-order valence-corrected chi connectivity index (χ3v) is 0.853. The Morgan fingerprint density at radius 3 is 2.40 bits per heavy atom. The molecule has 0 unspecified atom stereocenters. The lowest BCUT2D eigenvalue weighted by Crippen LogP contribution is -2.13. The van der Waals surface area contributed by atoms with E-state index in [-0.39, 0.29) is 13.0 Å². The quantitative estimate of drug-likeness (QED) is 0.195. The van der Waals surface area contributed by atoms with Crippen molar-refractivity contribution >= 4 is 6.98 Å². The molecule has 0 atom stereocenters. The van der Waals surface area contributed by atoms with E-state index in [1.807, 2.05) is 0 Å². The lowest BCUT2D eigenvalue weighted by Gasteiger charge is -2.10. The summed E-state index contributed by atoms with van der Waals surface area (Å²) >= 11 is 0. The highest BCUT2D eigenvalue weighted by Gasteiger charge is 2.20. The summed E-state index contributed by atoms with van der Waals surface area (Å²) in [6.45, 7) is -4.77. The maximum absolute atomic E-state index is 11.4. The number of azide groups is 1. The molecule has 0 spiro atoms. The molecule has 0 saturated carbocycles. The first kappa shape index (κ1) is 9.16. The SMILES string of the molecule is [N-]=[N+]=NCCC[B-](F)(F)F. The fourth-order valence-corrected chi connectivity index (χ4v) is 0.438. The molecule has 0 aliphatic heterocycles. The molecule has 0 radical (unpaired) electrons. The van der Waals surface area contributed by atoms with Gasteiger partial charge in [0.15, 0.2) is 0 Å². The normalized spacial score (nSPS) is 10.7. The summed E-state index contributed by atoms with van der Waals surface area (Å²) in [6, 6.07) is 0. The average Bonchev–Trinajstić information content (AvgIpc) is 1.78. The first-order valence-corrected chi connectivity index (χ1v) is 2.78. The minimum Gasteiger partial charge on any atom is -0.449 e. The minimum atomic E-state index is -4.70. The first-order valence-electron chi connectivity index (χ1n) is 2.78. The van der Waals surface area contributed by atoms with Gasteiger partial charge in [0.05, 0.1) is 0 Å². The number of halogens is 3. The van der Waals surface area contributed by atoms with Crippen molar-refractivity contribution in [3.05, 3.63) is 10.4 Å². The van der Waals surface area contributed by atoms with Gasteiger partial charge in [0.1, 0.15) is 0 Å². The van der Waals surface area contributed by atoms with Gasteiger partial charge in [-0.2, -0.15) is 0 Å². The second kappa shape index (κ2) is 4.06. The van der Waals surface area contributed by atoms with Crippen LogP contribution in [-0.2, 0) is 0 Å². The van der Waals surface area contributed by atoms with Gasteiger partial charge in [-0.15, -0.1) is 0 Å². The van der Waals surface area contributed by atoms with Gasteiger partial charge in [-0.1, -0.05) is 17.9 Å². The van der Waals surface area contributed by atoms with E-state index in [2.05, 4.69) is 10.0 Å². The molecule has 0 rings (SSSR count). The van der Waals surface area contributed by atoms with Crippen LogP contribution < -0.4 is 0 Å². The van der Waals surface area contributed by atoms with E-state index in [4.69, 9.17) is 5.53 Å². The van der Waals surface area contributed by atoms with E-state index >= 15 is 0 Å². The van der Waals surface area contributed by atoms with Gasteiger partial charge in [-0.3, -0.25) is 0 Å². The predicted molar refractivity (Wildman–Crippen MR) is 32.5 cm³/mol. The Bertz CT molecular complexity index is 138. The van der Waals surface area contributed by atoms with E-state index in [0.717, 1.165) is 0 Å². The predicted octanol–water partition coefficient (Wildman–Crippen LogP) is 2.53. The molecule has 0 aromatic heterocycles. The number of hydrogen-bond acceptors (Lipinski definition) is 1. The van der Waals surface area contributed by atoms with Gasteiger partial charge in [-0.25, -0.2) is 0 Å². The van der Waals surface area contributed by atoms with Crippen LogP contribution in [0.1, 0.15) is 6.42 Å². The number of hydrogen-bond donors (Lipinski definition) is 0. The largest absolute Gasteiger partial charge is 0.478 e. The Morgan fingerprint density at radius 1 is 1.40 bits per heavy atom. The van der Waals surface area contributed by atoms with Gasteiger partial charge >= 0.3 is 6.98 Å². The van der Waals surface area contributed by atoms with Crippen molar-refractivity contribution in [2.45, 2.75) is 12.7 Å². The van der Waals surface area contributed by atoms with Gasteiger partial charge in [0.2, 0.25) is 0 Å². The van der Waals surface area contributed by atoms with Crippen molar-refractivity contribution < 1.29 is 12.9 Å². The Balaban J connectivity index is 3.28. The Morgan fingerprint density at radius 2 is 2.00 bits per heavy atom. The van der Waals surface area contributed by atoms with Crippen LogP contribution in [0.3, 0.4) is 0 Å². The summed E-state index contributed by atoms with van der Waals surface area (Å²) in [7, 11) is 0. The lowest BCUT2D eigenvalue weighted by atomic mass is 9.84. The zero-order chi connectivity index (χ0) is 8.04. The highest BCUT2D eigenvalue weighted by molar-refractivity contribution is 6.58. The molecule has 0 N–H and O–H groups in total. The van der Waals surface area contributed by atoms with Crippen LogP contribution >= 0.6 is 0 Å². The molecule has 0 aromatic rings. The Hall–Kier alpha value is -0.835. The van der Waals surface area contributed by atoms with Gasteiger partial charge in [0.25, 0.3) is 0 Å². The van der Waals surface area contributed by atoms with E-state index in [1.54, 1.807) is 0 Å². The molecule has 3 nitrogen and oxygen atoms in total. The fraction of sp³-hybridized carbons (Fsp3) is 1.00. The number of rotatable bonds is 4. The smallest absolute Gasteiger partial charge is 0.449 e. The Kier molecular flexibility index (Phi) is 3.72. The van der Waals surface area contributed by atoms with E-state index in [0.29, 0.717) is 0 Å². The molecule has 0 amide bonds. The topological polar surface area (TPSA) is 48.8 Å². The molecule has 10 heavy (non-hydrogen) atoms. The lowest BCUT2D eigenvalue weighted by molar-refractivity contribution is 0.464. The standard InChI is InChI=1S/C3H6BF3N3/c5-4(6,7)2-1-3-9-10-8/h1-3H2/q-1. The van der Waals surface area contributed by atoms with E-state index < -0.39 is 13.3 Å². The van der Waals surface area contributed by atoms with Crippen LogP contribution in [0.2, 0.25) is 6.32 Å². The highest BCUT2D eigenvalue weighted by Crippen LogP contribution is 2.16. The van der Waals surface area contributed by atoms with Crippen molar-refractivity contribution in [2.75, 3.05) is 6.54 Å². The molecule has 0 heterocycles. The second-order valence-corrected chi connectivity index (χ2v) is 1.81. The van der Waals surface area contributed by atoms with Crippen molar-refractivity contribution in [3.8, 4) is 0 Å². The minimum absolute atomic E-state index is 0.0717. The van der Waals surface area contributed by atoms with E-state index in [9.17, 15) is 12.9 Å². The molecule has 0 aromatic carbocycles. The van der Waals surface area contributed by atoms with Gasteiger partial charge in [-0.05, 0) is 5.53 Å².